The molecule has 0 aromatic heterocycles. The number of nitrogens with zero attached hydrogens (tertiary/aromatic N) is 1. The molecule has 0 aliphatic carbocycles. The zero-order valence-electron chi connectivity index (χ0n) is 18.8. The zero-order chi connectivity index (χ0) is 25.1. The second kappa shape index (κ2) is 10.3. The van der Waals surface area contributed by atoms with Crippen molar-refractivity contribution < 1.29 is 28.2 Å². The lowest BCUT2D eigenvalue weighted by Crippen LogP contribution is -2.54. The van der Waals surface area contributed by atoms with Crippen LogP contribution in [-0.4, -0.2) is 25.0 Å². The molecule has 0 spiro atoms. The number of urea groups is 1. The molecule has 9 heteroatoms. The topological polar surface area (TPSA) is 84.9 Å². The number of rotatable bonds is 6. The predicted molar refractivity (Wildman–Crippen MR) is 137 cm³/mol. The molecule has 1 fully saturated rings. The van der Waals surface area contributed by atoms with E-state index in [0.29, 0.717) is 27.2 Å². The van der Waals surface area contributed by atoms with Gasteiger partial charge in [-0.05, 0) is 77.0 Å². The average Bonchev–Trinajstić information content (AvgIpc) is 2.80. The Kier molecular flexibility index (Phi) is 7.15. The van der Waals surface area contributed by atoms with Crippen LogP contribution >= 0.6 is 22.6 Å². The van der Waals surface area contributed by atoms with Crippen LogP contribution in [0.3, 0.4) is 0 Å². The highest BCUT2D eigenvalue weighted by Crippen LogP contribution is 2.35. The van der Waals surface area contributed by atoms with Crippen molar-refractivity contribution in [1.29, 1.82) is 0 Å². The van der Waals surface area contributed by atoms with E-state index in [-0.39, 0.29) is 11.3 Å². The molecule has 1 heterocycles. The maximum absolute atomic E-state index is 13.7. The van der Waals surface area contributed by atoms with Crippen LogP contribution in [0, 0.1) is 16.3 Å². The fraction of sp³-hybridized carbons (Fsp3) is 0.115. The molecule has 1 aliphatic rings. The molecule has 1 saturated heterocycles. The van der Waals surface area contributed by atoms with Gasteiger partial charge in [0.15, 0.2) is 11.5 Å². The summed E-state index contributed by atoms with van der Waals surface area (Å²) in [6.45, 7) is 2.34. The van der Waals surface area contributed by atoms with E-state index in [1.807, 2.05) is 31.2 Å². The molecular formula is C26H20FIN2O5. The number of carbonyl (C=O) groups excluding carboxylic acids is 3. The van der Waals surface area contributed by atoms with Crippen LogP contribution in [0.1, 0.15) is 16.7 Å². The van der Waals surface area contributed by atoms with Crippen molar-refractivity contribution in [3.8, 4) is 11.5 Å². The molecule has 0 saturated carbocycles. The third-order valence-corrected chi connectivity index (χ3v) is 6.00. The number of amides is 4. The highest BCUT2D eigenvalue weighted by Gasteiger charge is 2.37. The summed E-state index contributed by atoms with van der Waals surface area (Å²) >= 11 is 2.08. The van der Waals surface area contributed by atoms with E-state index in [0.717, 1.165) is 22.1 Å². The number of methoxy groups -OCH3 is 1. The molecular weight excluding hydrogens is 566 g/mol. The fourth-order valence-corrected chi connectivity index (χ4v) is 4.38. The van der Waals surface area contributed by atoms with Crippen LogP contribution < -0.4 is 19.7 Å². The summed E-state index contributed by atoms with van der Waals surface area (Å²) in [4.78, 5) is 38.6. The minimum absolute atomic E-state index is 0.0120. The molecule has 3 aromatic rings. The van der Waals surface area contributed by atoms with Gasteiger partial charge >= 0.3 is 6.03 Å². The highest BCUT2D eigenvalue weighted by molar-refractivity contribution is 14.1. The minimum Gasteiger partial charge on any atom is -0.493 e. The molecule has 0 bridgehead atoms. The Bertz CT molecular complexity index is 1370. The number of halogens is 2. The molecule has 4 amide bonds. The Balaban J connectivity index is 1.64. The van der Waals surface area contributed by atoms with E-state index >= 15 is 0 Å². The van der Waals surface area contributed by atoms with Gasteiger partial charge in [-0.25, -0.2) is 14.1 Å². The molecule has 0 atom stereocenters. The number of carbonyl (C=O) groups is 3. The molecule has 7 nitrogen and oxygen atoms in total. The minimum atomic E-state index is -0.949. The van der Waals surface area contributed by atoms with Gasteiger partial charge in [-0.2, -0.15) is 0 Å². The van der Waals surface area contributed by atoms with Crippen molar-refractivity contribution in [2.24, 2.45) is 0 Å². The monoisotopic (exact) mass is 586 g/mol. The number of nitrogens with one attached hydrogen (secondary N) is 1. The number of hydrogen-bond donors (Lipinski definition) is 1. The molecule has 1 N–H and O–H groups in total. The normalized spacial score (nSPS) is 14.8. The Hall–Kier alpha value is -3.73. The van der Waals surface area contributed by atoms with E-state index in [1.165, 1.54) is 31.4 Å². The van der Waals surface area contributed by atoms with Gasteiger partial charge in [-0.15, -0.1) is 0 Å². The van der Waals surface area contributed by atoms with Gasteiger partial charge in [-0.3, -0.25) is 14.9 Å². The number of aryl methyl sites for hydroxylation is 1. The molecule has 0 radical (unpaired) electrons. The number of ether oxygens (including phenoxy) is 2. The van der Waals surface area contributed by atoms with Gasteiger partial charge in [-0.1, -0.05) is 35.9 Å². The maximum Gasteiger partial charge on any atom is 0.335 e. The van der Waals surface area contributed by atoms with Gasteiger partial charge in [0.1, 0.15) is 18.0 Å². The second-order valence-corrected chi connectivity index (χ2v) is 8.91. The van der Waals surface area contributed by atoms with Gasteiger partial charge in [0.25, 0.3) is 11.8 Å². The lowest BCUT2D eigenvalue weighted by molar-refractivity contribution is -0.122. The van der Waals surface area contributed by atoms with Crippen LogP contribution in [0.5, 0.6) is 11.5 Å². The molecule has 0 unspecified atom stereocenters. The lowest BCUT2D eigenvalue weighted by atomic mass is 10.1. The highest BCUT2D eigenvalue weighted by atomic mass is 127. The van der Waals surface area contributed by atoms with E-state index in [1.54, 1.807) is 12.1 Å². The van der Waals surface area contributed by atoms with Gasteiger partial charge in [0, 0.05) is 0 Å². The van der Waals surface area contributed by atoms with Crippen molar-refractivity contribution >= 4 is 52.2 Å². The molecule has 4 rings (SSSR count). The van der Waals surface area contributed by atoms with E-state index in [4.69, 9.17) is 9.47 Å². The van der Waals surface area contributed by atoms with Crippen LogP contribution in [0.25, 0.3) is 6.08 Å². The first-order valence-corrected chi connectivity index (χ1v) is 11.6. The third-order valence-electron chi connectivity index (χ3n) is 5.20. The summed E-state index contributed by atoms with van der Waals surface area (Å²) < 4.78 is 25.9. The van der Waals surface area contributed by atoms with Gasteiger partial charge < -0.3 is 9.47 Å². The number of barbiturate groups is 1. The van der Waals surface area contributed by atoms with E-state index in [2.05, 4.69) is 27.9 Å². The summed E-state index contributed by atoms with van der Waals surface area (Å²) in [6, 6.07) is 15.4. The third kappa shape index (κ3) is 5.35. The Morgan fingerprint density at radius 2 is 1.83 bits per heavy atom. The fourth-order valence-electron chi connectivity index (χ4n) is 3.59. The Labute approximate surface area is 214 Å². The van der Waals surface area contributed by atoms with Gasteiger partial charge in [0.05, 0.1) is 16.4 Å². The maximum atomic E-state index is 13.7. The molecule has 3 aromatic carbocycles. The number of anilines is 1. The summed E-state index contributed by atoms with van der Waals surface area (Å²) in [5, 5.41) is 2.12. The smallest absolute Gasteiger partial charge is 0.335 e. The Morgan fingerprint density at radius 1 is 1.06 bits per heavy atom. The largest absolute Gasteiger partial charge is 0.493 e. The summed E-state index contributed by atoms with van der Waals surface area (Å²) in [5.41, 5.74) is 2.34. The summed E-state index contributed by atoms with van der Waals surface area (Å²) in [7, 11) is 1.49. The first-order chi connectivity index (χ1) is 16.8. The van der Waals surface area contributed by atoms with Crippen molar-refractivity contribution in [2.45, 2.75) is 13.5 Å². The van der Waals surface area contributed by atoms with Crippen LogP contribution in [-0.2, 0) is 16.2 Å². The first kappa shape index (κ1) is 24.4. The molecule has 1 aliphatic heterocycles. The van der Waals surface area contributed by atoms with Crippen LogP contribution in [0.4, 0.5) is 14.9 Å². The number of imide groups is 2. The predicted octanol–water partition coefficient (Wildman–Crippen LogP) is 4.99. The van der Waals surface area contributed by atoms with Crippen molar-refractivity contribution in [2.75, 3.05) is 12.0 Å². The lowest BCUT2D eigenvalue weighted by Gasteiger charge is -2.26. The van der Waals surface area contributed by atoms with Crippen LogP contribution in [0.2, 0.25) is 0 Å². The van der Waals surface area contributed by atoms with Crippen molar-refractivity contribution in [3.63, 3.8) is 0 Å². The molecule has 35 heavy (non-hydrogen) atoms. The quantitative estimate of drug-likeness (QED) is 0.250. The standard InChI is InChI=1S/C26H20FIN2O5/c1-15-5-3-6-16(9-15)14-35-23-21(28)11-17(12-22(23)34-2)10-20-24(31)29-26(33)30(25(20)32)19-8-4-7-18(27)13-19/h3-13H,14H2,1-2H3,(H,29,31,33)/b20-10+. The summed E-state index contributed by atoms with van der Waals surface area (Å²) in [6.07, 6.45) is 1.35. The van der Waals surface area contributed by atoms with Gasteiger partial charge in [0.2, 0.25) is 0 Å². The zero-order valence-corrected chi connectivity index (χ0v) is 21.0. The summed E-state index contributed by atoms with van der Waals surface area (Å²) in [5.74, 6) is -1.39. The number of hydrogen-bond acceptors (Lipinski definition) is 5. The van der Waals surface area contributed by atoms with Crippen molar-refractivity contribution in [3.05, 3.63) is 92.3 Å². The number of benzene rings is 3. The van der Waals surface area contributed by atoms with Crippen LogP contribution in [0.15, 0.2) is 66.2 Å². The van der Waals surface area contributed by atoms with E-state index < -0.39 is 23.7 Å². The molecule has 178 valence electrons. The second-order valence-electron chi connectivity index (χ2n) is 7.75. The first-order valence-electron chi connectivity index (χ1n) is 10.5. The Morgan fingerprint density at radius 3 is 2.54 bits per heavy atom. The average molecular weight is 586 g/mol. The van der Waals surface area contributed by atoms with E-state index in [9.17, 15) is 18.8 Å². The van der Waals surface area contributed by atoms with Crippen molar-refractivity contribution in [1.82, 2.24) is 5.32 Å². The SMILES string of the molecule is COc1cc(/C=C2\C(=O)NC(=O)N(c3cccc(F)c3)C2=O)cc(I)c1OCc1cccc(C)c1.